The molecular weight excluding hydrogens is 360 g/mol. The molecule has 1 N–H and O–H groups in total. The van der Waals surface area contributed by atoms with Crippen molar-refractivity contribution in [1.82, 2.24) is 0 Å². The highest BCUT2D eigenvalue weighted by molar-refractivity contribution is 9.10. The summed E-state index contributed by atoms with van der Waals surface area (Å²) in [6, 6.07) is 7.26. The molecule has 5 nitrogen and oxygen atoms in total. The van der Waals surface area contributed by atoms with Gasteiger partial charge in [0.25, 0.3) is 5.91 Å². The van der Waals surface area contributed by atoms with E-state index in [0.717, 1.165) is 48.3 Å². The molecule has 0 aliphatic carbocycles. The highest BCUT2D eigenvalue weighted by atomic mass is 79.9. The van der Waals surface area contributed by atoms with Crippen LogP contribution in [0.4, 0.5) is 11.4 Å². The van der Waals surface area contributed by atoms with Crippen molar-refractivity contribution >= 4 is 39.1 Å². The number of hydrogen-bond acceptors (Lipinski definition) is 3. The summed E-state index contributed by atoms with van der Waals surface area (Å²) < 4.78 is 5.81. The summed E-state index contributed by atoms with van der Waals surface area (Å²) in [5.74, 6) is 0.193. The van der Waals surface area contributed by atoms with E-state index in [-0.39, 0.29) is 17.6 Å². The molecule has 0 bridgehead atoms. The maximum atomic E-state index is 12.2. The molecule has 0 saturated heterocycles. The zero-order valence-electron chi connectivity index (χ0n) is 12.4. The Bertz CT molecular complexity index is 795. The Morgan fingerprint density at radius 3 is 2.70 bits per heavy atom. The fraction of sp³-hybridized carbons (Fsp3) is 0.294. The molecule has 118 valence electrons. The summed E-state index contributed by atoms with van der Waals surface area (Å²) in [5, 5.41) is 2.89. The van der Waals surface area contributed by atoms with Crippen molar-refractivity contribution in [2.75, 3.05) is 16.8 Å². The Morgan fingerprint density at radius 2 is 1.96 bits per heavy atom. The Morgan fingerprint density at radius 1 is 1.17 bits per heavy atom. The molecule has 2 amide bonds. The van der Waals surface area contributed by atoms with Crippen LogP contribution in [-0.2, 0) is 17.6 Å². The zero-order valence-corrected chi connectivity index (χ0v) is 14.0. The van der Waals surface area contributed by atoms with Gasteiger partial charge in [-0.25, -0.2) is 0 Å². The largest absolute Gasteiger partial charge is 0.444 e. The normalized spacial score (nSPS) is 16.2. The summed E-state index contributed by atoms with van der Waals surface area (Å²) in [6.45, 7) is 0.797. The van der Waals surface area contributed by atoms with Gasteiger partial charge in [0.15, 0.2) is 10.4 Å². The van der Waals surface area contributed by atoms with Gasteiger partial charge in [-0.15, -0.1) is 0 Å². The van der Waals surface area contributed by atoms with Gasteiger partial charge >= 0.3 is 0 Å². The number of rotatable bonds is 2. The standard InChI is InChI=1S/C17H15BrN2O3/c18-14-5-4-13(23-14)17(22)19-12-8-10-2-1-7-20-15(21)6-3-11(9-12)16(10)20/h4-5,8-9H,1-3,6-7H2,(H,19,22). The summed E-state index contributed by atoms with van der Waals surface area (Å²) in [4.78, 5) is 26.2. The minimum Gasteiger partial charge on any atom is -0.444 e. The Balaban J connectivity index is 1.66. The van der Waals surface area contributed by atoms with E-state index in [9.17, 15) is 9.59 Å². The van der Waals surface area contributed by atoms with Crippen LogP contribution in [0.2, 0.25) is 0 Å². The van der Waals surface area contributed by atoms with E-state index < -0.39 is 0 Å². The molecular formula is C17H15BrN2O3. The Kier molecular flexibility index (Phi) is 3.49. The molecule has 1 aromatic heterocycles. The molecule has 1 aromatic carbocycles. The molecule has 0 saturated carbocycles. The van der Waals surface area contributed by atoms with Crippen LogP contribution in [0, 0.1) is 0 Å². The van der Waals surface area contributed by atoms with E-state index >= 15 is 0 Å². The van der Waals surface area contributed by atoms with Gasteiger partial charge in [-0.1, -0.05) is 0 Å². The molecule has 0 fully saturated rings. The first kappa shape index (κ1) is 14.5. The number of halogens is 1. The van der Waals surface area contributed by atoms with Gasteiger partial charge in [0.2, 0.25) is 5.91 Å². The first-order valence-corrected chi connectivity index (χ1v) is 8.44. The lowest BCUT2D eigenvalue weighted by atomic mass is 9.91. The molecule has 3 heterocycles. The predicted octanol–water partition coefficient (Wildman–Crippen LogP) is 3.52. The van der Waals surface area contributed by atoms with Crippen LogP contribution in [0.25, 0.3) is 0 Å². The van der Waals surface area contributed by atoms with Crippen molar-refractivity contribution in [2.45, 2.75) is 25.7 Å². The van der Waals surface area contributed by atoms with E-state index in [1.807, 2.05) is 17.0 Å². The van der Waals surface area contributed by atoms with Crippen molar-refractivity contribution in [3.63, 3.8) is 0 Å². The average molecular weight is 375 g/mol. The van der Waals surface area contributed by atoms with E-state index in [2.05, 4.69) is 21.2 Å². The molecule has 0 radical (unpaired) electrons. The number of amides is 2. The number of anilines is 2. The van der Waals surface area contributed by atoms with E-state index in [1.54, 1.807) is 12.1 Å². The monoisotopic (exact) mass is 374 g/mol. The molecule has 2 aromatic rings. The third-order valence-corrected chi connectivity index (χ3v) is 4.76. The second kappa shape index (κ2) is 5.53. The van der Waals surface area contributed by atoms with Gasteiger partial charge in [0.05, 0.1) is 5.69 Å². The summed E-state index contributed by atoms with van der Waals surface area (Å²) in [6.07, 6.45) is 3.16. The van der Waals surface area contributed by atoms with Crippen LogP contribution in [-0.4, -0.2) is 18.4 Å². The van der Waals surface area contributed by atoms with Crippen LogP contribution < -0.4 is 10.2 Å². The van der Waals surface area contributed by atoms with Gasteiger partial charge in [-0.3, -0.25) is 9.59 Å². The number of hydrogen-bond donors (Lipinski definition) is 1. The molecule has 0 unspecified atom stereocenters. The first-order chi connectivity index (χ1) is 11.1. The van der Waals surface area contributed by atoms with Crippen molar-refractivity contribution < 1.29 is 14.0 Å². The smallest absolute Gasteiger partial charge is 0.291 e. The quantitative estimate of drug-likeness (QED) is 0.874. The summed E-state index contributed by atoms with van der Waals surface area (Å²) >= 11 is 3.19. The molecule has 4 rings (SSSR count). The zero-order chi connectivity index (χ0) is 16.0. The Hall–Kier alpha value is -2.08. The lowest BCUT2D eigenvalue weighted by Gasteiger charge is -2.35. The number of carbonyl (C=O) groups is 2. The highest BCUT2D eigenvalue weighted by Crippen LogP contribution is 2.38. The average Bonchev–Trinajstić information content (AvgIpc) is 2.97. The highest BCUT2D eigenvalue weighted by Gasteiger charge is 2.29. The van der Waals surface area contributed by atoms with Crippen LogP contribution in [0.3, 0.4) is 0 Å². The van der Waals surface area contributed by atoms with E-state index in [1.165, 1.54) is 0 Å². The Labute approximate surface area is 141 Å². The van der Waals surface area contributed by atoms with Gasteiger partial charge in [0, 0.05) is 18.7 Å². The molecule has 6 heteroatoms. The van der Waals surface area contributed by atoms with Gasteiger partial charge in [-0.05, 0) is 70.6 Å². The fourth-order valence-corrected chi connectivity index (χ4v) is 3.66. The SMILES string of the molecule is O=C(Nc1cc2c3c(c1)CCC(=O)N3CCC2)c1ccc(Br)o1. The first-order valence-electron chi connectivity index (χ1n) is 7.64. The number of benzene rings is 1. The molecule has 0 atom stereocenters. The topological polar surface area (TPSA) is 62.6 Å². The van der Waals surface area contributed by atoms with Gasteiger partial charge < -0.3 is 14.6 Å². The van der Waals surface area contributed by atoms with Crippen molar-refractivity contribution in [1.29, 1.82) is 0 Å². The third kappa shape index (κ3) is 2.57. The van der Waals surface area contributed by atoms with Crippen LogP contribution >= 0.6 is 15.9 Å². The number of nitrogens with one attached hydrogen (secondary N) is 1. The second-order valence-electron chi connectivity index (χ2n) is 5.85. The lowest BCUT2D eigenvalue weighted by molar-refractivity contribution is -0.119. The second-order valence-corrected chi connectivity index (χ2v) is 6.63. The van der Waals surface area contributed by atoms with E-state index in [4.69, 9.17) is 4.42 Å². The van der Waals surface area contributed by atoms with Crippen LogP contribution in [0.1, 0.15) is 34.5 Å². The number of carbonyl (C=O) groups excluding carboxylic acids is 2. The number of nitrogens with zero attached hydrogens (tertiary/aromatic N) is 1. The van der Waals surface area contributed by atoms with Crippen molar-refractivity contribution in [2.24, 2.45) is 0 Å². The van der Waals surface area contributed by atoms with E-state index in [0.29, 0.717) is 11.1 Å². The maximum absolute atomic E-state index is 12.2. The lowest BCUT2D eigenvalue weighted by Crippen LogP contribution is -2.39. The third-order valence-electron chi connectivity index (χ3n) is 4.33. The molecule has 2 aliphatic rings. The minimum atomic E-state index is -0.276. The van der Waals surface area contributed by atoms with Crippen LogP contribution in [0.15, 0.2) is 33.4 Å². The minimum absolute atomic E-state index is 0.204. The number of aryl methyl sites for hydroxylation is 2. The predicted molar refractivity (Wildman–Crippen MR) is 89.8 cm³/mol. The summed E-state index contributed by atoms with van der Waals surface area (Å²) in [7, 11) is 0. The van der Waals surface area contributed by atoms with Crippen LogP contribution in [0.5, 0.6) is 0 Å². The van der Waals surface area contributed by atoms with Gasteiger partial charge in [0.1, 0.15) is 0 Å². The van der Waals surface area contributed by atoms with Crippen molar-refractivity contribution in [3.8, 4) is 0 Å². The number of furan rings is 1. The maximum Gasteiger partial charge on any atom is 0.291 e. The fourth-order valence-electron chi connectivity index (χ4n) is 3.35. The molecule has 23 heavy (non-hydrogen) atoms. The molecule has 0 spiro atoms. The van der Waals surface area contributed by atoms with Gasteiger partial charge in [-0.2, -0.15) is 0 Å². The summed E-state index contributed by atoms with van der Waals surface area (Å²) in [5.41, 5.74) is 4.09. The van der Waals surface area contributed by atoms with Crippen molar-refractivity contribution in [3.05, 3.63) is 45.8 Å². The molecule has 2 aliphatic heterocycles.